The molecule has 3 aromatic carbocycles. The van der Waals surface area contributed by atoms with Crippen molar-refractivity contribution in [2.24, 2.45) is 0 Å². The zero-order valence-corrected chi connectivity index (χ0v) is 18.5. The summed E-state index contributed by atoms with van der Waals surface area (Å²) in [4.78, 5) is 25.4. The monoisotopic (exact) mass is 518 g/mol. The number of esters is 1. The van der Waals surface area contributed by atoms with Crippen LogP contribution < -0.4 is 14.9 Å². The van der Waals surface area contributed by atoms with Gasteiger partial charge >= 0.3 is 12.1 Å². The van der Waals surface area contributed by atoms with Crippen molar-refractivity contribution in [3.63, 3.8) is 0 Å². The van der Waals surface area contributed by atoms with Crippen molar-refractivity contribution < 1.29 is 31.9 Å². The summed E-state index contributed by atoms with van der Waals surface area (Å²) in [7, 11) is 1.42. The number of hydrogen-bond acceptors (Lipinski definition) is 5. The molecule has 1 aromatic heterocycles. The van der Waals surface area contributed by atoms with Crippen molar-refractivity contribution in [3.8, 4) is 22.6 Å². The van der Waals surface area contributed by atoms with E-state index in [0.717, 1.165) is 10.5 Å². The Morgan fingerprint density at radius 2 is 1.58 bits per heavy atom. The molecule has 0 radical (unpaired) electrons. The van der Waals surface area contributed by atoms with E-state index in [0.29, 0.717) is 5.75 Å². The first-order chi connectivity index (χ1) is 15.7. The van der Waals surface area contributed by atoms with Crippen LogP contribution in [0.3, 0.4) is 0 Å². The first-order valence-electron chi connectivity index (χ1n) is 9.47. The third kappa shape index (κ3) is 4.63. The zero-order valence-electron chi connectivity index (χ0n) is 16.9. The fourth-order valence-electron chi connectivity index (χ4n) is 3.21. The smallest absolute Gasteiger partial charge is 0.450 e. The van der Waals surface area contributed by atoms with Crippen molar-refractivity contribution in [2.75, 3.05) is 7.11 Å². The maximum Gasteiger partial charge on any atom is 0.450 e. The molecular weight excluding hydrogens is 505 g/mol. The summed E-state index contributed by atoms with van der Waals surface area (Å²) in [6.45, 7) is 0. The Bertz CT molecular complexity index is 1390. The number of halogens is 4. The number of rotatable bonds is 4. The molecule has 33 heavy (non-hydrogen) atoms. The maximum absolute atomic E-state index is 13.8. The van der Waals surface area contributed by atoms with Crippen LogP contribution in [0.5, 0.6) is 11.5 Å². The highest BCUT2D eigenvalue weighted by Crippen LogP contribution is 2.38. The molecule has 0 N–H and O–H groups in total. The summed E-state index contributed by atoms with van der Waals surface area (Å²) in [5.74, 6) is -1.80. The van der Waals surface area contributed by atoms with Gasteiger partial charge in [0.25, 0.3) is 0 Å². The van der Waals surface area contributed by atoms with Crippen molar-refractivity contribution in [1.82, 2.24) is 0 Å². The largest absolute Gasteiger partial charge is 0.497 e. The number of ether oxygens (including phenoxy) is 2. The quantitative estimate of drug-likeness (QED) is 0.229. The molecule has 1 heterocycles. The fraction of sp³-hybridized carbons (Fsp3) is 0.0833. The van der Waals surface area contributed by atoms with Crippen molar-refractivity contribution >= 4 is 32.9 Å². The molecule has 4 rings (SSSR count). The molecule has 0 unspecified atom stereocenters. The summed E-state index contributed by atoms with van der Waals surface area (Å²) in [5, 5.41) is -0.0859. The van der Waals surface area contributed by atoms with E-state index in [1.165, 1.54) is 55.6 Å². The van der Waals surface area contributed by atoms with E-state index in [1.807, 2.05) is 0 Å². The Balaban J connectivity index is 1.80. The van der Waals surface area contributed by atoms with Gasteiger partial charge in [-0.2, -0.15) is 13.2 Å². The minimum Gasteiger partial charge on any atom is -0.497 e. The molecule has 4 aromatic rings. The van der Waals surface area contributed by atoms with Crippen LogP contribution in [-0.4, -0.2) is 13.1 Å². The Morgan fingerprint density at radius 1 is 0.939 bits per heavy atom. The number of alkyl halides is 3. The summed E-state index contributed by atoms with van der Waals surface area (Å²) >= 11 is 3.26. The Hall–Kier alpha value is -3.59. The van der Waals surface area contributed by atoms with Gasteiger partial charge in [0.15, 0.2) is 0 Å². The molecule has 0 atom stereocenters. The molecule has 168 valence electrons. The molecule has 0 aliphatic carbocycles. The van der Waals surface area contributed by atoms with E-state index in [2.05, 4.69) is 15.9 Å². The molecule has 9 heteroatoms. The Kier molecular flexibility index (Phi) is 5.99. The number of carbonyl (C=O) groups is 1. The molecule has 5 nitrogen and oxygen atoms in total. The van der Waals surface area contributed by atoms with Gasteiger partial charge in [0.05, 0.1) is 23.6 Å². The minimum atomic E-state index is -4.94. The molecule has 0 spiro atoms. The van der Waals surface area contributed by atoms with Crippen LogP contribution >= 0.6 is 15.9 Å². The van der Waals surface area contributed by atoms with Crippen LogP contribution in [0.1, 0.15) is 16.1 Å². The third-order valence-electron chi connectivity index (χ3n) is 4.79. The van der Waals surface area contributed by atoms with E-state index in [-0.39, 0.29) is 27.8 Å². The van der Waals surface area contributed by atoms with E-state index in [4.69, 9.17) is 13.9 Å². The lowest BCUT2D eigenvalue weighted by atomic mass is 10.0. The Morgan fingerprint density at radius 3 is 2.18 bits per heavy atom. The summed E-state index contributed by atoms with van der Waals surface area (Å²) < 4.78 is 57.6. The second kappa shape index (κ2) is 8.74. The number of methoxy groups -OCH3 is 1. The average Bonchev–Trinajstić information content (AvgIpc) is 2.79. The van der Waals surface area contributed by atoms with Gasteiger partial charge in [-0.1, -0.05) is 28.1 Å². The highest BCUT2D eigenvalue weighted by molar-refractivity contribution is 9.10. The first kappa shape index (κ1) is 22.6. The molecule has 0 aliphatic heterocycles. The van der Waals surface area contributed by atoms with E-state index < -0.39 is 28.9 Å². The van der Waals surface area contributed by atoms with Gasteiger partial charge in [0, 0.05) is 10.5 Å². The van der Waals surface area contributed by atoms with Gasteiger partial charge in [-0.15, -0.1) is 0 Å². The fourth-order valence-corrected chi connectivity index (χ4v) is 3.47. The van der Waals surface area contributed by atoms with Crippen LogP contribution in [0.25, 0.3) is 22.1 Å². The lowest BCUT2D eigenvalue weighted by Crippen LogP contribution is -2.16. The van der Waals surface area contributed by atoms with Crippen molar-refractivity contribution in [1.29, 1.82) is 0 Å². The van der Waals surface area contributed by atoms with Gasteiger partial charge < -0.3 is 13.9 Å². The average molecular weight is 519 g/mol. The standard InChI is InChI=1S/C24H14BrF3O5/c1-31-16-8-4-13(5-9-16)20-21(29)18-11-10-17(12-19(18)33-22(20)24(26,27)28)32-23(30)14-2-6-15(25)7-3-14/h2-12H,1H3. The van der Waals surface area contributed by atoms with Crippen LogP contribution in [0, 0.1) is 0 Å². The third-order valence-corrected chi connectivity index (χ3v) is 5.32. The van der Waals surface area contributed by atoms with Crippen LogP contribution in [0.4, 0.5) is 13.2 Å². The van der Waals surface area contributed by atoms with E-state index >= 15 is 0 Å². The molecular formula is C24H14BrF3O5. The SMILES string of the molecule is COc1ccc(-c2c(C(F)(F)F)oc3cc(OC(=O)c4ccc(Br)cc4)ccc3c2=O)cc1. The normalized spacial score (nSPS) is 11.4. The van der Waals surface area contributed by atoms with Crippen LogP contribution in [-0.2, 0) is 6.18 Å². The van der Waals surface area contributed by atoms with Gasteiger partial charge in [0.1, 0.15) is 17.1 Å². The predicted octanol–water partition coefficient (Wildman–Crippen LogP) is 6.47. The number of fused-ring (bicyclic) bond motifs is 1. The lowest BCUT2D eigenvalue weighted by molar-refractivity contribution is -0.152. The molecule has 0 amide bonds. The van der Waals surface area contributed by atoms with Gasteiger partial charge in [-0.05, 0) is 54.1 Å². The summed E-state index contributed by atoms with van der Waals surface area (Å²) in [5.41, 5.74) is -1.56. The van der Waals surface area contributed by atoms with E-state index in [1.54, 1.807) is 12.1 Å². The van der Waals surface area contributed by atoms with Crippen molar-refractivity contribution in [2.45, 2.75) is 6.18 Å². The first-order valence-corrected chi connectivity index (χ1v) is 10.3. The van der Waals surface area contributed by atoms with Gasteiger partial charge in [-0.25, -0.2) is 4.79 Å². The highest BCUT2D eigenvalue weighted by atomic mass is 79.9. The zero-order chi connectivity index (χ0) is 23.8. The summed E-state index contributed by atoms with van der Waals surface area (Å²) in [6, 6.07) is 15.6. The maximum atomic E-state index is 13.8. The predicted molar refractivity (Wildman–Crippen MR) is 119 cm³/mol. The number of benzene rings is 3. The van der Waals surface area contributed by atoms with Crippen LogP contribution in [0.2, 0.25) is 0 Å². The number of carbonyl (C=O) groups excluding carboxylic acids is 1. The second-order valence-electron chi connectivity index (χ2n) is 6.92. The molecule has 0 aliphatic rings. The minimum absolute atomic E-state index is 0.0320. The molecule has 0 fully saturated rings. The van der Waals surface area contributed by atoms with Crippen molar-refractivity contribution in [3.05, 3.63) is 92.7 Å². The highest BCUT2D eigenvalue weighted by Gasteiger charge is 2.39. The van der Waals surface area contributed by atoms with Gasteiger partial charge in [0.2, 0.25) is 11.2 Å². The molecule has 0 saturated carbocycles. The van der Waals surface area contributed by atoms with E-state index in [9.17, 15) is 22.8 Å². The topological polar surface area (TPSA) is 65.7 Å². The second-order valence-corrected chi connectivity index (χ2v) is 7.83. The number of hydrogen-bond donors (Lipinski definition) is 0. The molecule has 0 bridgehead atoms. The Labute approximate surface area is 193 Å². The lowest BCUT2D eigenvalue weighted by Gasteiger charge is -2.13. The molecule has 0 saturated heterocycles. The summed E-state index contributed by atoms with van der Waals surface area (Å²) in [6.07, 6.45) is -4.94. The van der Waals surface area contributed by atoms with Gasteiger partial charge in [-0.3, -0.25) is 4.79 Å². The van der Waals surface area contributed by atoms with Crippen LogP contribution in [0.15, 0.2) is 80.4 Å².